The van der Waals surface area contributed by atoms with E-state index < -0.39 is 0 Å². The quantitative estimate of drug-likeness (QED) is 0.457. The van der Waals surface area contributed by atoms with Crippen LogP contribution in [0.4, 0.5) is 11.6 Å². The van der Waals surface area contributed by atoms with Gasteiger partial charge in [-0.3, -0.25) is 0 Å². The summed E-state index contributed by atoms with van der Waals surface area (Å²) in [6, 6.07) is 13.9. The Kier molecular flexibility index (Phi) is 6.13. The third kappa shape index (κ3) is 4.59. The molecule has 3 aromatic rings. The highest BCUT2D eigenvalue weighted by Gasteiger charge is 2.34. The maximum atomic E-state index is 12.1. The molecule has 0 aliphatic heterocycles. The van der Waals surface area contributed by atoms with Crippen molar-refractivity contribution >= 4 is 28.6 Å². The third-order valence-electron chi connectivity index (χ3n) is 6.26. The first kappa shape index (κ1) is 22.2. The zero-order chi connectivity index (χ0) is 22.9. The summed E-state index contributed by atoms with van der Waals surface area (Å²) in [7, 11) is 1.40. The summed E-state index contributed by atoms with van der Waals surface area (Å²) in [5.74, 6) is 1.92. The first-order valence-electron chi connectivity index (χ1n) is 11.4. The average Bonchev–Trinajstić information content (AvgIpc) is 3.10. The molecular formula is C26H33N3O3. The van der Waals surface area contributed by atoms with E-state index in [-0.39, 0.29) is 11.4 Å². The van der Waals surface area contributed by atoms with E-state index in [1.165, 1.54) is 13.5 Å². The van der Waals surface area contributed by atoms with Crippen molar-refractivity contribution in [3.63, 3.8) is 0 Å². The molecule has 1 N–H and O–H groups in total. The number of carbonyl (C=O) groups excluding carboxylic acids is 1. The molecule has 1 heterocycles. The van der Waals surface area contributed by atoms with E-state index in [2.05, 4.69) is 30.7 Å². The second-order valence-electron chi connectivity index (χ2n) is 9.65. The second kappa shape index (κ2) is 8.85. The molecule has 170 valence electrons. The number of esters is 1. The van der Waals surface area contributed by atoms with Gasteiger partial charge in [0.15, 0.2) is 0 Å². The van der Waals surface area contributed by atoms with Gasteiger partial charge in [0.25, 0.3) is 0 Å². The fraction of sp³-hybridized carbons (Fsp3) is 0.462. The smallest absolute Gasteiger partial charge is 0.337 e. The van der Waals surface area contributed by atoms with Crippen LogP contribution in [0, 0.1) is 11.3 Å². The van der Waals surface area contributed by atoms with Crippen molar-refractivity contribution in [3.05, 3.63) is 48.0 Å². The zero-order valence-corrected chi connectivity index (χ0v) is 19.6. The van der Waals surface area contributed by atoms with Gasteiger partial charge in [-0.2, -0.15) is 0 Å². The molecule has 0 spiro atoms. The Morgan fingerprint density at radius 3 is 2.59 bits per heavy atom. The van der Waals surface area contributed by atoms with Crippen molar-refractivity contribution in [2.24, 2.45) is 11.3 Å². The van der Waals surface area contributed by atoms with E-state index in [0.717, 1.165) is 41.3 Å². The summed E-state index contributed by atoms with van der Waals surface area (Å²) in [5.41, 5.74) is 3.54. The Balaban J connectivity index is 1.77. The number of anilines is 2. The van der Waals surface area contributed by atoms with Gasteiger partial charge in [-0.05, 0) is 80.0 Å². The van der Waals surface area contributed by atoms with Crippen molar-refractivity contribution in [2.75, 3.05) is 19.0 Å². The number of carbonyl (C=O) groups is 1. The zero-order valence-electron chi connectivity index (χ0n) is 19.6. The highest BCUT2D eigenvalue weighted by atomic mass is 16.5. The molecule has 32 heavy (non-hydrogen) atoms. The number of aromatic nitrogens is 2. The summed E-state index contributed by atoms with van der Waals surface area (Å²) in [6.45, 7) is 9.65. The van der Waals surface area contributed by atoms with Crippen molar-refractivity contribution in [1.82, 2.24) is 9.55 Å². The lowest BCUT2D eigenvalue weighted by Gasteiger charge is -2.40. The van der Waals surface area contributed by atoms with Crippen LogP contribution in [0.25, 0.3) is 11.0 Å². The summed E-state index contributed by atoms with van der Waals surface area (Å²) in [4.78, 5) is 17.0. The summed E-state index contributed by atoms with van der Waals surface area (Å²) in [6.07, 6.45) is 3.41. The Labute approximate surface area is 189 Å². The molecule has 0 radical (unpaired) electrons. The Morgan fingerprint density at radius 2 is 1.94 bits per heavy atom. The molecule has 0 unspecified atom stereocenters. The molecule has 1 aromatic heterocycles. The van der Waals surface area contributed by atoms with E-state index >= 15 is 0 Å². The minimum atomic E-state index is -0.352. The monoisotopic (exact) mass is 435 g/mol. The number of hydrogen-bond donors (Lipinski definition) is 1. The molecule has 0 bridgehead atoms. The minimum absolute atomic E-state index is 0.265. The normalized spacial score (nSPS) is 20.2. The first-order chi connectivity index (χ1) is 15.3. The summed E-state index contributed by atoms with van der Waals surface area (Å²) < 4.78 is 12.8. The Morgan fingerprint density at radius 1 is 1.19 bits per heavy atom. The number of imidazole rings is 1. The predicted molar refractivity (Wildman–Crippen MR) is 128 cm³/mol. The van der Waals surface area contributed by atoms with Crippen molar-refractivity contribution in [3.8, 4) is 5.75 Å². The molecule has 4 rings (SSSR count). The Hall–Kier alpha value is -3.02. The van der Waals surface area contributed by atoms with Crippen LogP contribution in [0.2, 0.25) is 0 Å². The lowest BCUT2D eigenvalue weighted by atomic mass is 9.70. The number of nitrogens with zero attached hydrogens (tertiary/aromatic N) is 2. The maximum absolute atomic E-state index is 12.1. The van der Waals surface area contributed by atoms with Gasteiger partial charge in [-0.1, -0.05) is 20.8 Å². The standard InChI is InChI=1S/C26H33N3O3/c1-6-32-21-10-8-19(9-11-21)27-25-28-22-14-18(24(30)31-5)7-12-23(22)29(25)20-13-17(2)15-26(3,4)16-20/h7-12,14,17,20H,6,13,15-16H2,1-5H3,(H,27,28)/t17-,20-/m1/s1. The molecule has 6 heteroatoms. The number of hydrogen-bond acceptors (Lipinski definition) is 5. The molecule has 1 aliphatic carbocycles. The van der Waals surface area contributed by atoms with Gasteiger partial charge in [0, 0.05) is 11.7 Å². The van der Waals surface area contributed by atoms with E-state index in [4.69, 9.17) is 14.5 Å². The van der Waals surface area contributed by atoms with Crippen LogP contribution in [0.3, 0.4) is 0 Å². The fourth-order valence-corrected chi connectivity index (χ4v) is 5.22. The van der Waals surface area contributed by atoms with Crippen molar-refractivity contribution < 1.29 is 14.3 Å². The first-order valence-corrected chi connectivity index (χ1v) is 11.4. The van der Waals surface area contributed by atoms with Crippen LogP contribution >= 0.6 is 0 Å². The van der Waals surface area contributed by atoms with Gasteiger partial charge in [-0.25, -0.2) is 9.78 Å². The van der Waals surface area contributed by atoms with Crippen LogP contribution in [-0.2, 0) is 4.74 Å². The Bertz CT molecular complexity index is 1100. The van der Waals surface area contributed by atoms with Gasteiger partial charge >= 0.3 is 5.97 Å². The van der Waals surface area contributed by atoms with Gasteiger partial charge in [0.05, 0.1) is 30.3 Å². The van der Waals surface area contributed by atoms with Crippen molar-refractivity contribution in [2.45, 2.75) is 53.0 Å². The summed E-state index contributed by atoms with van der Waals surface area (Å²) >= 11 is 0. The van der Waals surface area contributed by atoms with Crippen LogP contribution in [-0.4, -0.2) is 29.2 Å². The molecule has 2 atom stereocenters. The van der Waals surface area contributed by atoms with Gasteiger partial charge < -0.3 is 19.4 Å². The maximum Gasteiger partial charge on any atom is 0.337 e. The number of methoxy groups -OCH3 is 1. The SMILES string of the molecule is CCOc1ccc(Nc2nc3cc(C(=O)OC)ccc3n2[C@@H]2C[C@@H](C)CC(C)(C)C2)cc1. The van der Waals surface area contributed by atoms with Crippen molar-refractivity contribution in [1.29, 1.82) is 0 Å². The summed E-state index contributed by atoms with van der Waals surface area (Å²) in [5, 5.41) is 3.51. The van der Waals surface area contributed by atoms with Gasteiger partial charge in [0.1, 0.15) is 5.75 Å². The predicted octanol–water partition coefficient (Wildman–Crippen LogP) is 6.35. The van der Waals surface area contributed by atoms with E-state index in [1.54, 1.807) is 0 Å². The van der Waals surface area contributed by atoms with E-state index in [1.807, 2.05) is 49.4 Å². The lowest BCUT2D eigenvalue weighted by molar-refractivity contribution is 0.0601. The molecule has 6 nitrogen and oxygen atoms in total. The van der Waals surface area contributed by atoms with Gasteiger partial charge in [0.2, 0.25) is 5.95 Å². The molecular weight excluding hydrogens is 402 g/mol. The fourth-order valence-electron chi connectivity index (χ4n) is 5.22. The third-order valence-corrected chi connectivity index (χ3v) is 6.26. The number of benzene rings is 2. The van der Waals surface area contributed by atoms with E-state index in [9.17, 15) is 4.79 Å². The largest absolute Gasteiger partial charge is 0.494 e. The average molecular weight is 436 g/mol. The number of rotatable bonds is 6. The van der Waals surface area contributed by atoms with Gasteiger partial charge in [-0.15, -0.1) is 0 Å². The second-order valence-corrected chi connectivity index (χ2v) is 9.65. The number of ether oxygens (including phenoxy) is 2. The highest BCUT2D eigenvalue weighted by molar-refractivity contribution is 5.94. The van der Waals surface area contributed by atoms with Crippen LogP contribution < -0.4 is 10.1 Å². The topological polar surface area (TPSA) is 65.4 Å². The number of fused-ring (bicyclic) bond motifs is 1. The molecule has 1 fully saturated rings. The molecule has 0 amide bonds. The lowest BCUT2D eigenvalue weighted by Crippen LogP contribution is -2.29. The molecule has 0 saturated heterocycles. The molecule has 2 aromatic carbocycles. The minimum Gasteiger partial charge on any atom is -0.494 e. The van der Waals surface area contributed by atoms with Crippen LogP contribution in [0.1, 0.15) is 63.4 Å². The molecule has 1 aliphatic rings. The molecule has 1 saturated carbocycles. The number of nitrogens with one attached hydrogen (secondary N) is 1. The van der Waals surface area contributed by atoms with Crippen LogP contribution in [0.15, 0.2) is 42.5 Å². The highest BCUT2D eigenvalue weighted by Crippen LogP contribution is 2.46. The van der Waals surface area contributed by atoms with Crippen LogP contribution in [0.5, 0.6) is 5.75 Å². The van der Waals surface area contributed by atoms with E-state index in [0.29, 0.717) is 24.1 Å².